The molecule has 4 nitrogen and oxygen atoms in total. The molecule has 1 aliphatic rings. The van der Waals surface area contributed by atoms with Crippen LogP contribution in [0.3, 0.4) is 0 Å². The molecule has 19 heavy (non-hydrogen) atoms. The molecular weight excluding hydrogens is 242 g/mol. The molecule has 1 fully saturated rings. The van der Waals surface area contributed by atoms with Crippen LogP contribution in [-0.2, 0) is 14.3 Å². The van der Waals surface area contributed by atoms with E-state index < -0.39 is 0 Å². The normalized spacial score (nSPS) is 23.8. The van der Waals surface area contributed by atoms with Crippen molar-refractivity contribution in [3.05, 3.63) is 12.3 Å². The van der Waals surface area contributed by atoms with Crippen LogP contribution in [0.5, 0.6) is 0 Å². The third kappa shape index (κ3) is 6.10. The summed E-state index contributed by atoms with van der Waals surface area (Å²) in [5, 5.41) is 0. The third-order valence-corrected chi connectivity index (χ3v) is 3.03. The van der Waals surface area contributed by atoms with Crippen molar-refractivity contribution in [2.75, 3.05) is 13.7 Å². The molecule has 0 saturated carbocycles. The Balaban J connectivity index is 2.27. The lowest BCUT2D eigenvalue weighted by Gasteiger charge is -2.23. The third-order valence-electron chi connectivity index (χ3n) is 3.03. The van der Waals surface area contributed by atoms with Gasteiger partial charge in [0.1, 0.15) is 12.8 Å². The molecule has 4 heteroatoms. The number of nitrogens with zero attached hydrogens (tertiary/aromatic N) is 1. The summed E-state index contributed by atoms with van der Waals surface area (Å²) < 4.78 is 11.1. The topological polar surface area (TPSA) is 38.8 Å². The summed E-state index contributed by atoms with van der Waals surface area (Å²) in [6, 6.07) is 0. The highest BCUT2D eigenvalue weighted by Gasteiger charge is 2.28. The van der Waals surface area contributed by atoms with E-state index in [0.717, 1.165) is 12.8 Å². The molecule has 110 valence electrons. The maximum atomic E-state index is 11.6. The number of esters is 1. The second-order valence-electron chi connectivity index (χ2n) is 6.36. The maximum Gasteiger partial charge on any atom is 0.306 e. The van der Waals surface area contributed by atoms with Crippen molar-refractivity contribution in [2.24, 2.45) is 5.41 Å². The van der Waals surface area contributed by atoms with Gasteiger partial charge in [0, 0.05) is 7.05 Å². The highest BCUT2D eigenvalue weighted by Crippen LogP contribution is 2.23. The molecule has 1 saturated heterocycles. The fourth-order valence-corrected chi connectivity index (χ4v) is 2.11. The monoisotopic (exact) mass is 269 g/mol. The first-order valence-corrected chi connectivity index (χ1v) is 6.97. The van der Waals surface area contributed by atoms with E-state index in [-0.39, 0.29) is 23.7 Å². The first kappa shape index (κ1) is 16.0. The molecule has 2 unspecified atom stereocenters. The quantitative estimate of drug-likeness (QED) is 0.719. The van der Waals surface area contributed by atoms with Gasteiger partial charge in [-0.15, -0.1) is 0 Å². The zero-order chi connectivity index (χ0) is 14.5. The zero-order valence-corrected chi connectivity index (χ0v) is 12.8. The summed E-state index contributed by atoms with van der Waals surface area (Å²) >= 11 is 0. The maximum absolute atomic E-state index is 11.6. The number of hydrogen-bond donors (Lipinski definition) is 0. The second-order valence-corrected chi connectivity index (χ2v) is 6.36. The Morgan fingerprint density at radius 1 is 1.42 bits per heavy atom. The molecule has 0 amide bonds. The van der Waals surface area contributed by atoms with Crippen LogP contribution in [0.1, 0.15) is 47.0 Å². The summed E-state index contributed by atoms with van der Waals surface area (Å²) in [6.07, 6.45) is 6.47. The first-order valence-electron chi connectivity index (χ1n) is 6.97. The van der Waals surface area contributed by atoms with Crippen LogP contribution >= 0.6 is 0 Å². The SMILES string of the molecule is C/C=C\N(C)C1CCC(COC(=O)CC(C)(C)C)O1. The van der Waals surface area contributed by atoms with Gasteiger partial charge in [-0.3, -0.25) is 4.79 Å². The summed E-state index contributed by atoms with van der Waals surface area (Å²) in [7, 11) is 2.00. The molecule has 0 aromatic rings. The van der Waals surface area contributed by atoms with Crippen molar-refractivity contribution >= 4 is 5.97 Å². The van der Waals surface area contributed by atoms with Crippen LogP contribution in [0.25, 0.3) is 0 Å². The van der Waals surface area contributed by atoms with E-state index in [4.69, 9.17) is 9.47 Å². The minimum Gasteiger partial charge on any atom is -0.463 e. The molecule has 1 heterocycles. The number of rotatable bonds is 5. The van der Waals surface area contributed by atoms with Gasteiger partial charge in [0.2, 0.25) is 0 Å². The smallest absolute Gasteiger partial charge is 0.306 e. The minimum absolute atomic E-state index is 0.0255. The molecule has 0 bridgehead atoms. The van der Waals surface area contributed by atoms with Gasteiger partial charge in [0.15, 0.2) is 0 Å². The molecule has 0 aromatic heterocycles. The predicted molar refractivity (Wildman–Crippen MR) is 75.5 cm³/mol. The minimum atomic E-state index is -0.138. The molecule has 0 aromatic carbocycles. The van der Waals surface area contributed by atoms with E-state index in [1.807, 2.05) is 47.0 Å². The average Bonchev–Trinajstić information content (AvgIpc) is 2.73. The number of hydrogen-bond acceptors (Lipinski definition) is 4. The Bertz CT molecular complexity index is 320. The lowest BCUT2D eigenvalue weighted by Crippen LogP contribution is -2.28. The lowest BCUT2D eigenvalue weighted by molar-refractivity contribution is -0.150. The Hall–Kier alpha value is -1.03. The Kier molecular flexibility index (Phi) is 5.85. The van der Waals surface area contributed by atoms with Crippen molar-refractivity contribution in [2.45, 2.75) is 59.3 Å². The van der Waals surface area contributed by atoms with Crippen molar-refractivity contribution in [3.63, 3.8) is 0 Å². The molecule has 0 aliphatic carbocycles. The molecule has 1 aliphatic heterocycles. The molecule has 1 rings (SSSR count). The Morgan fingerprint density at radius 3 is 2.68 bits per heavy atom. The fourth-order valence-electron chi connectivity index (χ4n) is 2.11. The van der Waals surface area contributed by atoms with Gasteiger partial charge >= 0.3 is 5.97 Å². The Morgan fingerprint density at radius 2 is 2.11 bits per heavy atom. The van der Waals surface area contributed by atoms with Crippen LogP contribution in [0.4, 0.5) is 0 Å². The number of allylic oxidation sites excluding steroid dienone is 1. The lowest BCUT2D eigenvalue weighted by atomic mass is 9.92. The van der Waals surface area contributed by atoms with Crippen molar-refractivity contribution in [1.82, 2.24) is 4.90 Å². The molecule has 0 spiro atoms. The van der Waals surface area contributed by atoms with E-state index in [1.54, 1.807) is 0 Å². The zero-order valence-electron chi connectivity index (χ0n) is 12.8. The highest BCUT2D eigenvalue weighted by atomic mass is 16.6. The molecule has 0 N–H and O–H groups in total. The van der Waals surface area contributed by atoms with E-state index in [0.29, 0.717) is 13.0 Å². The van der Waals surface area contributed by atoms with Gasteiger partial charge in [-0.25, -0.2) is 0 Å². The van der Waals surface area contributed by atoms with E-state index >= 15 is 0 Å². The van der Waals surface area contributed by atoms with E-state index in [1.165, 1.54) is 0 Å². The summed E-state index contributed by atoms with van der Waals surface area (Å²) in [5.41, 5.74) is -0.0255. The fraction of sp³-hybridized carbons (Fsp3) is 0.800. The summed E-state index contributed by atoms with van der Waals surface area (Å²) in [5.74, 6) is -0.138. The second kappa shape index (κ2) is 6.94. The van der Waals surface area contributed by atoms with Gasteiger partial charge in [0.05, 0.1) is 12.5 Å². The Labute approximate surface area is 116 Å². The number of carbonyl (C=O) groups excluding carboxylic acids is 1. The van der Waals surface area contributed by atoms with Crippen LogP contribution in [-0.4, -0.2) is 36.9 Å². The van der Waals surface area contributed by atoms with E-state index in [2.05, 4.69) is 4.90 Å². The van der Waals surface area contributed by atoms with Crippen LogP contribution in [0.15, 0.2) is 12.3 Å². The molecular formula is C15H27NO3. The van der Waals surface area contributed by atoms with Crippen LogP contribution < -0.4 is 0 Å². The van der Waals surface area contributed by atoms with Gasteiger partial charge < -0.3 is 14.4 Å². The van der Waals surface area contributed by atoms with Gasteiger partial charge in [-0.2, -0.15) is 0 Å². The van der Waals surface area contributed by atoms with Crippen LogP contribution in [0, 0.1) is 5.41 Å². The molecule has 0 radical (unpaired) electrons. The van der Waals surface area contributed by atoms with Crippen molar-refractivity contribution in [1.29, 1.82) is 0 Å². The standard InChI is InChI=1S/C15H27NO3/c1-6-9-16(5)13-8-7-12(19-13)11-18-14(17)10-15(2,3)4/h6,9,12-13H,7-8,10-11H2,1-5H3/b9-6-. The van der Waals surface area contributed by atoms with Crippen LogP contribution in [0.2, 0.25) is 0 Å². The first-order chi connectivity index (χ1) is 8.81. The number of carbonyl (C=O) groups is 1. The van der Waals surface area contributed by atoms with Gasteiger partial charge in [0.25, 0.3) is 0 Å². The predicted octanol–water partition coefficient (Wildman–Crippen LogP) is 2.94. The summed E-state index contributed by atoms with van der Waals surface area (Å²) in [4.78, 5) is 13.7. The van der Waals surface area contributed by atoms with E-state index in [9.17, 15) is 4.79 Å². The average molecular weight is 269 g/mol. The van der Waals surface area contributed by atoms with Gasteiger partial charge in [-0.1, -0.05) is 26.8 Å². The van der Waals surface area contributed by atoms with Gasteiger partial charge in [-0.05, 0) is 31.4 Å². The summed E-state index contributed by atoms with van der Waals surface area (Å²) in [6.45, 7) is 8.44. The highest BCUT2D eigenvalue weighted by molar-refractivity contribution is 5.70. The number of ether oxygens (including phenoxy) is 2. The molecule has 2 atom stereocenters. The van der Waals surface area contributed by atoms with Crippen molar-refractivity contribution in [3.8, 4) is 0 Å². The van der Waals surface area contributed by atoms with Crippen molar-refractivity contribution < 1.29 is 14.3 Å². The largest absolute Gasteiger partial charge is 0.463 e.